The molecule has 0 aromatic heterocycles. The van der Waals surface area contributed by atoms with E-state index < -0.39 is 0 Å². The summed E-state index contributed by atoms with van der Waals surface area (Å²) < 4.78 is 5.61. The van der Waals surface area contributed by atoms with Gasteiger partial charge in [-0.1, -0.05) is 60.7 Å². The summed E-state index contributed by atoms with van der Waals surface area (Å²) in [6, 6.07) is 21.4. The van der Waals surface area contributed by atoms with Crippen molar-refractivity contribution in [1.82, 2.24) is 5.32 Å². The molecule has 20 heavy (non-hydrogen) atoms. The molecule has 1 aliphatic carbocycles. The molecule has 0 spiro atoms. The van der Waals surface area contributed by atoms with Gasteiger partial charge in [-0.15, -0.1) is 0 Å². The maximum Gasteiger partial charge on any atom is 0.0805 e. The number of benzene rings is 2. The van der Waals surface area contributed by atoms with E-state index in [0.29, 0.717) is 0 Å². The van der Waals surface area contributed by atoms with Crippen molar-refractivity contribution in [2.75, 3.05) is 13.7 Å². The maximum atomic E-state index is 5.61. The van der Waals surface area contributed by atoms with Crippen LogP contribution in [0, 0.1) is 0 Å². The Hall–Kier alpha value is -1.64. The molecule has 0 heterocycles. The Morgan fingerprint density at radius 2 is 1.45 bits per heavy atom. The first kappa shape index (κ1) is 13.3. The molecule has 2 aromatic carbocycles. The van der Waals surface area contributed by atoms with Gasteiger partial charge in [0.15, 0.2) is 0 Å². The Kier molecular flexibility index (Phi) is 3.86. The highest BCUT2D eigenvalue weighted by Gasteiger charge is 2.43. The molecule has 0 atom stereocenters. The quantitative estimate of drug-likeness (QED) is 0.864. The molecule has 2 heteroatoms. The van der Waals surface area contributed by atoms with Gasteiger partial charge in [0.2, 0.25) is 0 Å². The number of hydrogen-bond acceptors (Lipinski definition) is 2. The van der Waals surface area contributed by atoms with E-state index in [1.807, 2.05) is 7.11 Å². The van der Waals surface area contributed by atoms with E-state index in [2.05, 4.69) is 66.0 Å². The van der Waals surface area contributed by atoms with Gasteiger partial charge in [-0.05, 0) is 24.0 Å². The van der Waals surface area contributed by atoms with Crippen LogP contribution in [-0.2, 0) is 4.74 Å². The molecule has 0 bridgehead atoms. The van der Waals surface area contributed by atoms with Crippen LogP contribution in [0.15, 0.2) is 60.7 Å². The summed E-state index contributed by atoms with van der Waals surface area (Å²) in [7, 11) is 1.81. The largest absolute Gasteiger partial charge is 0.377 e. The summed E-state index contributed by atoms with van der Waals surface area (Å²) in [4.78, 5) is 0. The molecule has 0 amide bonds. The first-order chi connectivity index (χ1) is 9.83. The van der Waals surface area contributed by atoms with E-state index in [-0.39, 0.29) is 11.6 Å². The summed E-state index contributed by atoms with van der Waals surface area (Å²) in [5.41, 5.74) is 2.66. The Balaban J connectivity index is 1.81. The summed E-state index contributed by atoms with van der Waals surface area (Å²) in [6.45, 7) is 0.901. The minimum atomic E-state index is 0.0712. The van der Waals surface area contributed by atoms with Gasteiger partial charge in [-0.2, -0.15) is 0 Å². The standard InChI is InChI=1S/C18H21NO/c1-20-18(12-13-18)14-19-17(15-8-4-2-5-9-15)16-10-6-3-7-11-16/h2-11,17,19H,12-14H2,1H3. The van der Waals surface area contributed by atoms with Crippen molar-refractivity contribution in [2.24, 2.45) is 0 Å². The zero-order valence-corrected chi connectivity index (χ0v) is 11.9. The minimum Gasteiger partial charge on any atom is -0.377 e. The molecular formula is C18H21NO. The van der Waals surface area contributed by atoms with Crippen molar-refractivity contribution in [3.63, 3.8) is 0 Å². The Labute approximate surface area is 120 Å². The highest BCUT2D eigenvalue weighted by Crippen LogP contribution is 2.38. The summed E-state index contributed by atoms with van der Waals surface area (Å²) in [5.74, 6) is 0. The monoisotopic (exact) mass is 267 g/mol. The SMILES string of the molecule is COC1(CNC(c2ccccc2)c2ccccc2)CC1. The van der Waals surface area contributed by atoms with Crippen molar-refractivity contribution in [3.8, 4) is 0 Å². The van der Waals surface area contributed by atoms with Gasteiger partial charge in [-0.3, -0.25) is 0 Å². The fourth-order valence-electron chi connectivity index (χ4n) is 2.60. The molecule has 1 aliphatic rings. The average molecular weight is 267 g/mol. The lowest BCUT2D eigenvalue weighted by molar-refractivity contribution is 0.0782. The third-order valence-corrected chi connectivity index (χ3v) is 4.13. The van der Waals surface area contributed by atoms with Crippen LogP contribution in [0.1, 0.15) is 30.0 Å². The second-order valence-electron chi connectivity index (χ2n) is 5.52. The normalized spacial score (nSPS) is 16.3. The number of methoxy groups -OCH3 is 1. The maximum absolute atomic E-state index is 5.61. The van der Waals surface area contributed by atoms with Crippen molar-refractivity contribution in [2.45, 2.75) is 24.5 Å². The van der Waals surface area contributed by atoms with Gasteiger partial charge in [0, 0.05) is 13.7 Å². The van der Waals surface area contributed by atoms with Gasteiger partial charge in [0.1, 0.15) is 0 Å². The molecule has 0 aliphatic heterocycles. The molecule has 3 rings (SSSR count). The lowest BCUT2D eigenvalue weighted by Gasteiger charge is -2.23. The predicted molar refractivity (Wildman–Crippen MR) is 81.7 cm³/mol. The van der Waals surface area contributed by atoms with Crippen molar-refractivity contribution in [1.29, 1.82) is 0 Å². The van der Waals surface area contributed by atoms with Crippen molar-refractivity contribution in [3.05, 3.63) is 71.8 Å². The molecule has 1 saturated carbocycles. The summed E-state index contributed by atoms with van der Waals surface area (Å²) in [6.07, 6.45) is 2.32. The topological polar surface area (TPSA) is 21.3 Å². The molecule has 1 fully saturated rings. The Morgan fingerprint density at radius 3 is 1.85 bits per heavy atom. The van der Waals surface area contributed by atoms with E-state index in [1.54, 1.807) is 0 Å². The molecule has 104 valence electrons. The van der Waals surface area contributed by atoms with E-state index in [0.717, 1.165) is 19.4 Å². The van der Waals surface area contributed by atoms with E-state index in [1.165, 1.54) is 11.1 Å². The van der Waals surface area contributed by atoms with Crippen LogP contribution >= 0.6 is 0 Å². The lowest BCUT2D eigenvalue weighted by atomic mass is 9.98. The van der Waals surface area contributed by atoms with Crippen molar-refractivity contribution < 1.29 is 4.74 Å². The number of ether oxygens (including phenoxy) is 1. The Bertz CT molecular complexity index is 494. The summed E-state index contributed by atoms with van der Waals surface area (Å²) >= 11 is 0. The molecular weight excluding hydrogens is 246 g/mol. The molecule has 1 N–H and O–H groups in total. The summed E-state index contributed by atoms with van der Waals surface area (Å²) in [5, 5.41) is 3.68. The highest BCUT2D eigenvalue weighted by atomic mass is 16.5. The number of hydrogen-bond donors (Lipinski definition) is 1. The molecule has 0 radical (unpaired) electrons. The second-order valence-corrected chi connectivity index (χ2v) is 5.52. The lowest BCUT2D eigenvalue weighted by Crippen LogP contribution is -2.33. The van der Waals surface area contributed by atoms with Crippen LogP contribution in [0.3, 0.4) is 0 Å². The van der Waals surface area contributed by atoms with Crippen LogP contribution in [0.4, 0.5) is 0 Å². The fraction of sp³-hybridized carbons (Fsp3) is 0.333. The third kappa shape index (κ3) is 2.92. The van der Waals surface area contributed by atoms with Gasteiger partial charge in [-0.25, -0.2) is 0 Å². The zero-order valence-electron chi connectivity index (χ0n) is 11.9. The third-order valence-electron chi connectivity index (χ3n) is 4.13. The minimum absolute atomic E-state index is 0.0712. The zero-order chi connectivity index (χ0) is 13.8. The molecule has 2 nitrogen and oxygen atoms in total. The predicted octanol–water partition coefficient (Wildman–Crippen LogP) is 3.54. The van der Waals surface area contributed by atoms with Gasteiger partial charge < -0.3 is 10.1 Å². The van der Waals surface area contributed by atoms with Crippen LogP contribution in [0.25, 0.3) is 0 Å². The first-order valence-corrected chi connectivity index (χ1v) is 7.21. The van der Waals surface area contributed by atoms with Crippen LogP contribution in [-0.4, -0.2) is 19.3 Å². The number of rotatable bonds is 6. The van der Waals surface area contributed by atoms with E-state index >= 15 is 0 Å². The highest BCUT2D eigenvalue weighted by molar-refractivity contribution is 5.31. The van der Waals surface area contributed by atoms with Crippen LogP contribution in [0.2, 0.25) is 0 Å². The molecule has 0 unspecified atom stereocenters. The van der Waals surface area contributed by atoms with Crippen molar-refractivity contribution >= 4 is 0 Å². The fourth-order valence-corrected chi connectivity index (χ4v) is 2.60. The van der Waals surface area contributed by atoms with Crippen LogP contribution in [0.5, 0.6) is 0 Å². The van der Waals surface area contributed by atoms with Gasteiger partial charge in [0.25, 0.3) is 0 Å². The number of nitrogens with one attached hydrogen (secondary N) is 1. The second kappa shape index (κ2) is 5.78. The Morgan fingerprint density at radius 1 is 0.950 bits per heavy atom. The smallest absolute Gasteiger partial charge is 0.0805 e. The van der Waals surface area contributed by atoms with E-state index in [4.69, 9.17) is 4.74 Å². The van der Waals surface area contributed by atoms with Gasteiger partial charge in [0.05, 0.1) is 11.6 Å². The average Bonchev–Trinajstić information content (AvgIpc) is 3.30. The molecule has 0 saturated heterocycles. The first-order valence-electron chi connectivity index (χ1n) is 7.21. The van der Waals surface area contributed by atoms with E-state index in [9.17, 15) is 0 Å². The van der Waals surface area contributed by atoms with Crippen LogP contribution < -0.4 is 5.32 Å². The molecule has 2 aromatic rings. The van der Waals surface area contributed by atoms with Gasteiger partial charge >= 0.3 is 0 Å².